The molecule has 0 atom stereocenters. The predicted molar refractivity (Wildman–Crippen MR) is 203 cm³/mol. The summed E-state index contributed by atoms with van der Waals surface area (Å²) in [6.45, 7) is 8.37. The molecule has 6 rings (SSSR count). The summed E-state index contributed by atoms with van der Waals surface area (Å²) in [5, 5.41) is 0.778. The summed E-state index contributed by atoms with van der Waals surface area (Å²) in [4.78, 5) is 54.1. The minimum Gasteiger partial charge on any atom is -0.493 e. The van der Waals surface area contributed by atoms with Crippen molar-refractivity contribution in [2.45, 2.75) is 58.7 Å². The fraction of sp³-hybridized carbons (Fsp3) is 0.333. The van der Waals surface area contributed by atoms with E-state index < -0.39 is 11.7 Å². The first-order chi connectivity index (χ1) is 25.3. The number of methoxy groups -OCH3 is 2. The van der Waals surface area contributed by atoms with Crippen molar-refractivity contribution in [2.75, 3.05) is 27.3 Å². The second kappa shape index (κ2) is 15.4. The number of piperidine rings is 1. The highest BCUT2D eigenvalue weighted by molar-refractivity contribution is 6.39. The number of ether oxygens (including phenoxy) is 3. The highest BCUT2D eigenvalue weighted by Crippen LogP contribution is 2.42. The van der Waals surface area contributed by atoms with Crippen LogP contribution in [0.4, 0.5) is 4.79 Å². The van der Waals surface area contributed by atoms with E-state index in [0.29, 0.717) is 98.7 Å². The zero-order valence-electron chi connectivity index (χ0n) is 30.4. The lowest BCUT2D eigenvalue weighted by Crippen LogP contribution is -2.49. The third-order valence-electron chi connectivity index (χ3n) is 9.06. The van der Waals surface area contributed by atoms with Crippen LogP contribution in [0, 0.1) is 0 Å². The van der Waals surface area contributed by atoms with Crippen molar-refractivity contribution in [3.05, 3.63) is 82.4 Å². The largest absolute Gasteiger partial charge is 0.493 e. The lowest BCUT2D eigenvalue weighted by atomic mass is 9.99. The van der Waals surface area contributed by atoms with Crippen LogP contribution in [-0.4, -0.2) is 86.4 Å². The molecule has 4 aromatic heterocycles. The summed E-state index contributed by atoms with van der Waals surface area (Å²) in [7, 11) is 3.06. The van der Waals surface area contributed by atoms with E-state index in [2.05, 4.69) is 9.97 Å². The Bertz CT molecular complexity index is 2190. The second-order valence-electron chi connectivity index (χ2n) is 13.7. The van der Waals surface area contributed by atoms with Gasteiger partial charge in [0, 0.05) is 72.5 Å². The molecule has 0 unspecified atom stereocenters. The monoisotopic (exact) mass is 758 g/mol. The topological polar surface area (TPSA) is 128 Å². The number of carbonyl (C=O) groups excluding carboxylic acids is 3. The highest BCUT2D eigenvalue weighted by atomic mass is 35.5. The molecule has 5 heterocycles. The zero-order chi connectivity index (χ0) is 38.0. The molecule has 1 aliphatic rings. The lowest BCUT2D eigenvalue weighted by molar-refractivity contribution is -0.130. The van der Waals surface area contributed by atoms with Gasteiger partial charge in [-0.05, 0) is 57.9 Å². The van der Waals surface area contributed by atoms with Gasteiger partial charge in [-0.15, -0.1) is 0 Å². The van der Waals surface area contributed by atoms with E-state index >= 15 is 0 Å². The van der Waals surface area contributed by atoms with Gasteiger partial charge in [0.05, 0.1) is 42.2 Å². The normalized spacial score (nSPS) is 13.5. The first kappa shape index (κ1) is 37.6. The quantitative estimate of drug-likeness (QED) is 0.137. The number of amides is 2. The first-order valence-electron chi connectivity index (χ1n) is 17.1. The maximum Gasteiger partial charge on any atom is 0.410 e. The Hall–Kier alpha value is -5.20. The fourth-order valence-corrected chi connectivity index (χ4v) is 7.12. The first-order valence-corrected chi connectivity index (χ1v) is 17.8. The van der Waals surface area contributed by atoms with E-state index in [-0.39, 0.29) is 24.2 Å². The Morgan fingerprint density at radius 2 is 1.68 bits per heavy atom. The van der Waals surface area contributed by atoms with Crippen molar-refractivity contribution in [3.8, 4) is 45.3 Å². The van der Waals surface area contributed by atoms with Crippen LogP contribution in [0.3, 0.4) is 0 Å². The van der Waals surface area contributed by atoms with E-state index in [1.165, 1.54) is 14.2 Å². The number of rotatable bonds is 9. The molecule has 0 N–H and O–H groups in total. The van der Waals surface area contributed by atoms with Gasteiger partial charge in [-0.1, -0.05) is 41.4 Å². The van der Waals surface area contributed by atoms with Gasteiger partial charge >= 0.3 is 6.09 Å². The molecule has 0 saturated carbocycles. The number of hydrogen-bond acceptors (Lipinski definition) is 9. The lowest BCUT2D eigenvalue weighted by Gasteiger charge is -2.39. The van der Waals surface area contributed by atoms with Crippen LogP contribution in [0.5, 0.6) is 11.6 Å². The van der Waals surface area contributed by atoms with Gasteiger partial charge in [0.2, 0.25) is 11.8 Å². The van der Waals surface area contributed by atoms with Crippen LogP contribution < -0.4 is 9.47 Å². The molecule has 276 valence electrons. The number of imidazole rings is 1. The summed E-state index contributed by atoms with van der Waals surface area (Å²) < 4.78 is 18.8. The molecule has 1 aliphatic heterocycles. The third kappa shape index (κ3) is 7.93. The molecule has 5 aromatic rings. The maximum atomic E-state index is 13.5. The number of likely N-dealkylation sites (tertiary alicyclic amines) is 1. The average Bonchev–Trinajstić information content (AvgIpc) is 3.57. The Morgan fingerprint density at radius 1 is 0.962 bits per heavy atom. The summed E-state index contributed by atoms with van der Waals surface area (Å²) in [5.74, 6) is 0.811. The summed E-state index contributed by atoms with van der Waals surface area (Å²) >= 11 is 14.2. The molecule has 0 bridgehead atoms. The van der Waals surface area contributed by atoms with Crippen LogP contribution in [-0.2, 0) is 16.1 Å². The summed E-state index contributed by atoms with van der Waals surface area (Å²) in [6, 6.07) is 12.7. The molecule has 12 nitrogen and oxygen atoms in total. The smallest absolute Gasteiger partial charge is 0.410 e. The van der Waals surface area contributed by atoms with Gasteiger partial charge in [-0.2, -0.15) is 0 Å². The van der Waals surface area contributed by atoms with Gasteiger partial charge in [0.15, 0.2) is 17.7 Å². The number of benzene rings is 1. The number of carbonyl (C=O) groups is 3. The molecule has 0 radical (unpaired) electrons. The Kier molecular flexibility index (Phi) is 10.9. The molecule has 0 spiro atoms. The minimum absolute atomic E-state index is 0.0197. The van der Waals surface area contributed by atoms with Crippen LogP contribution in [0.15, 0.2) is 61.1 Å². The summed E-state index contributed by atoms with van der Waals surface area (Å²) in [6.07, 6.45) is 6.52. The molecule has 1 saturated heterocycles. The number of hydrogen-bond donors (Lipinski definition) is 0. The van der Waals surface area contributed by atoms with Crippen LogP contribution in [0.25, 0.3) is 39.3 Å². The van der Waals surface area contributed by atoms with Crippen molar-refractivity contribution >= 4 is 47.1 Å². The van der Waals surface area contributed by atoms with Crippen molar-refractivity contribution in [2.24, 2.45) is 0 Å². The Labute approximate surface area is 317 Å². The van der Waals surface area contributed by atoms with E-state index in [9.17, 15) is 14.4 Å². The molecule has 2 amide bonds. The number of aldehydes is 1. The number of aromatic nitrogens is 4. The van der Waals surface area contributed by atoms with Crippen LogP contribution >= 0.6 is 23.2 Å². The number of pyridine rings is 3. The van der Waals surface area contributed by atoms with Crippen molar-refractivity contribution in [1.82, 2.24) is 29.2 Å². The fourth-order valence-electron chi connectivity index (χ4n) is 6.47. The predicted octanol–water partition coefficient (Wildman–Crippen LogP) is 8.01. The van der Waals surface area contributed by atoms with Crippen LogP contribution in [0.1, 0.15) is 56.6 Å². The van der Waals surface area contributed by atoms with Crippen molar-refractivity contribution < 1.29 is 28.6 Å². The zero-order valence-corrected chi connectivity index (χ0v) is 31.9. The standard InChI is InChI=1S/C39H40Cl2N6O6/c1-23(49)45-16-13-27(14-17-45)47(38(50)53-39(2,3)4)20-24-10-11-31(44-37(24)52-6)30-9-7-8-28(33(30)40)29-12-15-42-35(34(29)41)25-18-32(51-5)36-43-26(22-48)21-46(36)19-25/h7-12,15,18-19,21-22,27H,13-14,16-17,20H2,1-6H3. The van der Waals surface area contributed by atoms with Crippen molar-refractivity contribution in [3.63, 3.8) is 0 Å². The summed E-state index contributed by atoms with van der Waals surface area (Å²) in [5.41, 5.74) is 4.40. The molecule has 0 aliphatic carbocycles. The highest BCUT2D eigenvalue weighted by Gasteiger charge is 2.33. The number of halogens is 2. The van der Waals surface area contributed by atoms with Gasteiger partial charge in [0.25, 0.3) is 0 Å². The molecule has 53 heavy (non-hydrogen) atoms. The molecular formula is C39H40Cl2N6O6. The SMILES string of the molecule is COc1nc(-c2cccc(-c3ccnc(-c4cc(OC)c5nc(C=O)cn5c4)c3Cl)c2Cl)ccc1CN(C(=O)OC(C)(C)C)C1CCN(C(C)=O)CC1. The maximum absolute atomic E-state index is 13.5. The number of nitrogens with zero attached hydrogens (tertiary/aromatic N) is 6. The van der Waals surface area contributed by atoms with E-state index in [1.54, 1.807) is 51.8 Å². The van der Waals surface area contributed by atoms with Crippen LogP contribution in [0.2, 0.25) is 10.0 Å². The van der Waals surface area contributed by atoms with E-state index in [1.807, 2.05) is 51.1 Å². The second-order valence-corrected chi connectivity index (χ2v) is 14.5. The van der Waals surface area contributed by atoms with E-state index in [0.717, 1.165) is 0 Å². The average molecular weight is 760 g/mol. The minimum atomic E-state index is -0.691. The Morgan fingerprint density at radius 3 is 2.34 bits per heavy atom. The number of fused-ring (bicyclic) bond motifs is 1. The molecular weight excluding hydrogens is 719 g/mol. The molecule has 1 aromatic carbocycles. The van der Waals surface area contributed by atoms with Crippen molar-refractivity contribution in [1.29, 1.82) is 0 Å². The third-order valence-corrected chi connectivity index (χ3v) is 9.85. The molecule has 1 fully saturated rings. The van der Waals surface area contributed by atoms with Gasteiger partial charge in [-0.3, -0.25) is 14.6 Å². The van der Waals surface area contributed by atoms with Gasteiger partial charge < -0.3 is 28.4 Å². The van der Waals surface area contributed by atoms with E-state index in [4.69, 9.17) is 42.4 Å². The Balaban J connectivity index is 1.32. The molecule has 14 heteroatoms. The van der Waals surface area contributed by atoms with Gasteiger partial charge in [-0.25, -0.2) is 14.8 Å². The van der Waals surface area contributed by atoms with Gasteiger partial charge in [0.1, 0.15) is 11.3 Å².